The number of sulfonamides is 1. The third kappa shape index (κ3) is 5.42. The highest BCUT2D eigenvalue weighted by atomic mass is 32.2. The molecular formula is C19H24N6O6S. The first kappa shape index (κ1) is 23.2. The van der Waals surface area contributed by atoms with Crippen LogP contribution in [0.2, 0.25) is 0 Å². The van der Waals surface area contributed by atoms with Gasteiger partial charge in [0.05, 0.1) is 37.4 Å². The molecule has 2 aromatic rings. The molecule has 0 radical (unpaired) electrons. The third-order valence-electron chi connectivity index (χ3n) is 4.67. The molecule has 2 aromatic heterocycles. The summed E-state index contributed by atoms with van der Waals surface area (Å²) in [7, 11) is 0.385. The number of amides is 2. The summed E-state index contributed by atoms with van der Waals surface area (Å²) in [6.07, 6.45) is 3.96. The van der Waals surface area contributed by atoms with Gasteiger partial charge in [0.15, 0.2) is 5.82 Å². The molecule has 0 aromatic carbocycles. The van der Waals surface area contributed by atoms with E-state index in [2.05, 4.69) is 26.1 Å². The minimum atomic E-state index is -3.65. The zero-order valence-corrected chi connectivity index (χ0v) is 18.8. The molecule has 1 aliphatic rings. The summed E-state index contributed by atoms with van der Waals surface area (Å²) < 4.78 is 30.3. The van der Waals surface area contributed by atoms with Gasteiger partial charge in [-0.3, -0.25) is 18.7 Å². The monoisotopic (exact) mass is 464 g/mol. The van der Waals surface area contributed by atoms with Gasteiger partial charge in [0.2, 0.25) is 21.8 Å². The number of hydrogen-bond acceptors (Lipinski definition) is 9. The Balaban J connectivity index is 2.03. The van der Waals surface area contributed by atoms with Gasteiger partial charge in [-0.2, -0.15) is 4.98 Å². The van der Waals surface area contributed by atoms with Crippen LogP contribution in [0.25, 0.3) is 0 Å². The molecular weight excluding hydrogens is 440 g/mol. The summed E-state index contributed by atoms with van der Waals surface area (Å²) in [5, 5.41) is 5.72. The van der Waals surface area contributed by atoms with E-state index in [9.17, 15) is 18.0 Å². The van der Waals surface area contributed by atoms with Crippen molar-refractivity contribution >= 4 is 44.8 Å². The molecule has 3 N–H and O–H groups in total. The van der Waals surface area contributed by atoms with Crippen molar-refractivity contribution in [2.45, 2.75) is 12.8 Å². The van der Waals surface area contributed by atoms with Crippen LogP contribution in [0.15, 0.2) is 24.4 Å². The quantitative estimate of drug-likeness (QED) is 0.466. The van der Waals surface area contributed by atoms with Crippen molar-refractivity contribution in [3.8, 4) is 5.88 Å². The van der Waals surface area contributed by atoms with Crippen molar-refractivity contribution in [3.63, 3.8) is 0 Å². The number of ether oxygens (including phenoxy) is 1. The third-order valence-corrected chi connectivity index (χ3v) is 5.83. The van der Waals surface area contributed by atoms with Gasteiger partial charge in [-0.1, -0.05) is 0 Å². The van der Waals surface area contributed by atoms with Crippen LogP contribution >= 0.6 is 0 Å². The number of carbonyl (C=O) groups excluding carboxylic acids is 2. The lowest BCUT2D eigenvalue weighted by atomic mass is 10.2. The Kier molecular flexibility index (Phi) is 6.79. The van der Waals surface area contributed by atoms with Gasteiger partial charge in [-0.15, -0.1) is 0 Å². The fraction of sp³-hybridized carbons (Fsp3) is 0.368. The van der Waals surface area contributed by atoms with Crippen LogP contribution in [-0.4, -0.2) is 57.7 Å². The molecule has 2 heterocycles. The number of hydrogen-bond donors (Lipinski definition) is 3. The van der Waals surface area contributed by atoms with E-state index in [1.807, 2.05) is 0 Å². The zero-order valence-electron chi connectivity index (χ0n) is 18.0. The molecule has 0 spiro atoms. The summed E-state index contributed by atoms with van der Waals surface area (Å²) in [6, 6.07) is 4.57. The Morgan fingerprint density at radius 2 is 1.91 bits per heavy atom. The lowest BCUT2D eigenvalue weighted by Gasteiger charge is -2.21. The Morgan fingerprint density at radius 1 is 1.19 bits per heavy atom. The largest absolute Gasteiger partial charge is 0.481 e. The van der Waals surface area contributed by atoms with Gasteiger partial charge in [0, 0.05) is 31.3 Å². The topological polar surface area (TPSA) is 152 Å². The first-order valence-corrected chi connectivity index (χ1v) is 11.4. The highest BCUT2D eigenvalue weighted by Crippen LogP contribution is 2.33. The highest BCUT2D eigenvalue weighted by Gasteiger charge is 2.30. The smallest absolute Gasteiger partial charge is 0.278 e. The van der Waals surface area contributed by atoms with Crippen LogP contribution < -0.4 is 25.2 Å². The predicted octanol–water partition coefficient (Wildman–Crippen LogP) is 1.26. The van der Waals surface area contributed by atoms with Crippen LogP contribution in [0.4, 0.5) is 23.0 Å². The molecule has 12 nitrogen and oxygen atoms in total. The molecule has 1 fully saturated rings. The summed E-state index contributed by atoms with van der Waals surface area (Å²) in [6.45, 7) is 0. The molecule has 0 atom stereocenters. The number of pyridine rings is 2. The lowest BCUT2D eigenvalue weighted by molar-refractivity contribution is -0.117. The molecule has 1 aliphatic carbocycles. The second kappa shape index (κ2) is 9.36. The van der Waals surface area contributed by atoms with Crippen LogP contribution in [0.5, 0.6) is 5.88 Å². The van der Waals surface area contributed by atoms with E-state index in [-0.39, 0.29) is 46.3 Å². The van der Waals surface area contributed by atoms with Gasteiger partial charge in [0.1, 0.15) is 5.82 Å². The number of nitrogens with zero attached hydrogens (tertiary/aromatic N) is 3. The number of aromatic nitrogens is 2. The molecule has 0 saturated heterocycles. The normalized spacial score (nSPS) is 13.2. The molecule has 0 aliphatic heterocycles. The van der Waals surface area contributed by atoms with Gasteiger partial charge >= 0.3 is 0 Å². The molecule has 0 unspecified atom stereocenters. The fourth-order valence-corrected chi connectivity index (χ4v) is 3.17. The Labute approximate surface area is 185 Å². The Bertz CT molecular complexity index is 1140. The SMILES string of the molecule is CONC(=O)c1cnc(NC(=O)C2CC2)cc1Nc1ccc(OC)nc1N(C)S(C)(=O)=O. The zero-order chi connectivity index (χ0) is 23.5. The molecule has 0 bridgehead atoms. The lowest BCUT2D eigenvalue weighted by Crippen LogP contribution is -2.27. The van der Waals surface area contributed by atoms with Crippen molar-refractivity contribution in [2.75, 3.05) is 42.5 Å². The number of methoxy groups -OCH3 is 1. The molecule has 1 saturated carbocycles. The van der Waals surface area contributed by atoms with Gasteiger partial charge in [-0.25, -0.2) is 18.9 Å². The molecule has 32 heavy (non-hydrogen) atoms. The predicted molar refractivity (Wildman–Crippen MR) is 117 cm³/mol. The minimum absolute atomic E-state index is 0.0366. The Hall–Kier alpha value is -3.45. The number of rotatable bonds is 9. The van der Waals surface area contributed by atoms with Gasteiger partial charge < -0.3 is 15.4 Å². The summed E-state index contributed by atoms with van der Waals surface area (Å²) >= 11 is 0. The standard InChI is InChI=1S/C19H24N6O6S/c1-25(32(4,28)29)17-13(7-8-16(23-17)30-2)21-14-9-15(22-18(26)11-5-6-11)20-10-12(14)19(27)24-31-3/h7-11H,5-6H2,1-4H3,(H,24,27)(H2,20,21,22,26). The van der Waals surface area contributed by atoms with Crippen LogP contribution in [0, 0.1) is 5.92 Å². The maximum atomic E-state index is 12.4. The van der Waals surface area contributed by atoms with E-state index < -0.39 is 15.9 Å². The maximum Gasteiger partial charge on any atom is 0.278 e. The average Bonchev–Trinajstić information content (AvgIpc) is 3.59. The molecule has 13 heteroatoms. The van der Waals surface area contributed by atoms with E-state index in [0.29, 0.717) is 0 Å². The van der Waals surface area contributed by atoms with Gasteiger partial charge in [0.25, 0.3) is 5.91 Å². The number of anilines is 4. The number of hydroxylamine groups is 1. The van der Waals surface area contributed by atoms with Crippen molar-refractivity contribution in [3.05, 3.63) is 30.0 Å². The first-order chi connectivity index (χ1) is 15.1. The minimum Gasteiger partial charge on any atom is -0.481 e. The van der Waals surface area contributed by atoms with Crippen molar-refractivity contribution < 1.29 is 27.6 Å². The van der Waals surface area contributed by atoms with Crippen LogP contribution in [0.3, 0.4) is 0 Å². The van der Waals surface area contributed by atoms with Crippen molar-refractivity contribution in [1.29, 1.82) is 0 Å². The van der Waals surface area contributed by atoms with Crippen LogP contribution in [-0.2, 0) is 19.7 Å². The van der Waals surface area contributed by atoms with E-state index in [1.54, 1.807) is 6.07 Å². The summed E-state index contributed by atoms with van der Waals surface area (Å²) in [4.78, 5) is 37.6. The summed E-state index contributed by atoms with van der Waals surface area (Å²) in [5.74, 6) is -0.303. The van der Waals surface area contributed by atoms with Crippen molar-refractivity contribution in [1.82, 2.24) is 15.4 Å². The number of carbonyl (C=O) groups is 2. The van der Waals surface area contributed by atoms with Crippen LogP contribution in [0.1, 0.15) is 23.2 Å². The second-order valence-electron chi connectivity index (χ2n) is 7.09. The second-order valence-corrected chi connectivity index (χ2v) is 9.11. The maximum absolute atomic E-state index is 12.4. The molecule has 172 valence electrons. The summed E-state index contributed by atoms with van der Waals surface area (Å²) in [5.41, 5.74) is 2.83. The molecule has 3 rings (SSSR count). The van der Waals surface area contributed by atoms with Crippen molar-refractivity contribution in [2.24, 2.45) is 5.92 Å². The molecule has 2 amide bonds. The average molecular weight is 465 g/mol. The number of nitrogens with one attached hydrogen (secondary N) is 3. The van der Waals surface area contributed by atoms with E-state index in [1.165, 1.54) is 39.6 Å². The highest BCUT2D eigenvalue weighted by molar-refractivity contribution is 7.92. The van der Waals surface area contributed by atoms with Gasteiger partial charge in [-0.05, 0) is 18.9 Å². The van der Waals surface area contributed by atoms with E-state index in [4.69, 9.17) is 9.57 Å². The fourth-order valence-electron chi connectivity index (χ4n) is 2.71. The van der Waals surface area contributed by atoms with E-state index in [0.717, 1.165) is 23.4 Å². The first-order valence-electron chi connectivity index (χ1n) is 9.54. The van der Waals surface area contributed by atoms with E-state index >= 15 is 0 Å². The Morgan fingerprint density at radius 3 is 2.50 bits per heavy atom.